The van der Waals surface area contributed by atoms with Crippen molar-refractivity contribution in [1.29, 1.82) is 0 Å². The molecule has 0 aliphatic heterocycles. The molecule has 0 aromatic heterocycles. The average Bonchev–Trinajstić information content (AvgIpc) is 2.68. The summed E-state index contributed by atoms with van der Waals surface area (Å²) in [6.07, 6.45) is 0. The molecule has 4 nitrogen and oxygen atoms in total. The minimum Gasteiger partial charge on any atom is -0.357 e. The van der Waals surface area contributed by atoms with Gasteiger partial charge in [0.15, 0.2) is 0 Å². The van der Waals surface area contributed by atoms with Crippen LogP contribution < -0.4 is 5.32 Å². The van der Waals surface area contributed by atoms with Crippen LogP contribution in [-0.4, -0.2) is 35.6 Å². The van der Waals surface area contributed by atoms with E-state index in [9.17, 15) is 14.0 Å². The fourth-order valence-electron chi connectivity index (χ4n) is 2.57. The second kappa shape index (κ2) is 10.7. The zero-order valence-electron chi connectivity index (χ0n) is 15.5. The Morgan fingerprint density at radius 2 is 1.86 bits per heavy atom. The maximum atomic E-state index is 13.9. The van der Waals surface area contributed by atoms with Gasteiger partial charge in [0, 0.05) is 35.0 Å². The van der Waals surface area contributed by atoms with E-state index in [0.717, 1.165) is 5.56 Å². The highest BCUT2D eigenvalue weighted by Gasteiger charge is 2.25. The molecule has 0 aliphatic rings. The topological polar surface area (TPSA) is 49.4 Å². The Morgan fingerprint density at radius 3 is 2.46 bits per heavy atom. The van der Waals surface area contributed by atoms with E-state index in [0.29, 0.717) is 15.6 Å². The van der Waals surface area contributed by atoms with E-state index in [4.69, 9.17) is 23.2 Å². The first kappa shape index (κ1) is 22.5. The highest BCUT2D eigenvalue weighted by Crippen LogP contribution is 2.24. The third kappa shape index (κ3) is 6.12. The first-order chi connectivity index (χ1) is 13.3. The standard InChI is InChI=1S/C20H21Cl2FN2O2S/c1-13(20(27)24-2)25(10-14-6-8-15(21)9-7-14)19(26)12-28-11-16-17(22)4-3-5-18(16)23/h3-9,13H,10-12H2,1-2H3,(H,24,27)/t13-/m0/s1. The Hall–Kier alpha value is -1.76. The number of likely N-dealkylation sites (N-methyl/N-ethyl adjacent to an activating group) is 1. The molecule has 1 N–H and O–H groups in total. The lowest BCUT2D eigenvalue weighted by molar-refractivity contribution is -0.138. The summed E-state index contributed by atoms with van der Waals surface area (Å²) >= 11 is 13.2. The van der Waals surface area contributed by atoms with E-state index in [2.05, 4.69) is 5.32 Å². The summed E-state index contributed by atoms with van der Waals surface area (Å²) in [5.74, 6) is -0.517. The number of rotatable bonds is 8. The SMILES string of the molecule is CNC(=O)[C@H](C)N(Cc1ccc(Cl)cc1)C(=O)CSCc1c(F)cccc1Cl. The average molecular weight is 443 g/mol. The molecule has 2 aromatic carbocycles. The molecule has 0 radical (unpaired) electrons. The largest absolute Gasteiger partial charge is 0.357 e. The van der Waals surface area contributed by atoms with Crippen LogP contribution in [0.25, 0.3) is 0 Å². The molecule has 0 saturated carbocycles. The van der Waals surface area contributed by atoms with Gasteiger partial charge in [0.1, 0.15) is 11.9 Å². The van der Waals surface area contributed by atoms with E-state index in [1.165, 1.54) is 35.8 Å². The summed E-state index contributed by atoms with van der Waals surface area (Å²) < 4.78 is 13.9. The van der Waals surface area contributed by atoms with Crippen molar-refractivity contribution in [3.05, 3.63) is 69.5 Å². The number of thioether (sulfide) groups is 1. The molecule has 2 aromatic rings. The molecule has 8 heteroatoms. The number of hydrogen-bond acceptors (Lipinski definition) is 3. The van der Waals surface area contributed by atoms with Crippen molar-refractivity contribution in [2.75, 3.05) is 12.8 Å². The summed E-state index contributed by atoms with van der Waals surface area (Å²) in [5, 5.41) is 3.49. The number of nitrogens with zero attached hydrogens (tertiary/aromatic N) is 1. The molecule has 2 rings (SSSR count). The summed E-state index contributed by atoms with van der Waals surface area (Å²) in [6, 6.07) is 10.9. The van der Waals surface area contributed by atoms with E-state index in [1.807, 2.05) is 12.1 Å². The summed E-state index contributed by atoms with van der Waals surface area (Å²) in [6.45, 7) is 1.94. The summed E-state index contributed by atoms with van der Waals surface area (Å²) in [5.41, 5.74) is 1.22. The van der Waals surface area contributed by atoms with Crippen molar-refractivity contribution in [2.24, 2.45) is 0 Å². The van der Waals surface area contributed by atoms with Gasteiger partial charge in [0.05, 0.1) is 5.75 Å². The van der Waals surface area contributed by atoms with Crippen molar-refractivity contribution in [3.63, 3.8) is 0 Å². The van der Waals surface area contributed by atoms with Crippen molar-refractivity contribution in [1.82, 2.24) is 10.2 Å². The van der Waals surface area contributed by atoms with Gasteiger partial charge in [-0.1, -0.05) is 41.4 Å². The Bertz CT molecular complexity index is 813. The Morgan fingerprint density at radius 1 is 1.18 bits per heavy atom. The third-order valence-corrected chi connectivity index (χ3v) is 5.76. The fraction of sp³-hybridized carbons (Fsp3) is 0.300. The highest BCUT2D eigenvalue weighted by molar-refractivity contribution is 7.99. The molecule has 28 heavy (non-hydrogen) atoms. The van der Waals surface area contributed by atoms with Gasteiger partial charge < -0.3 is 10.2 Å². The molecule has 2 amide bonds. The van der Waals surface area contributed by atoms with E-state index >= 15 is 0 Å². The van der Waals surface area contributed by atoms with Crippen LogP contribution in [0.2, 0.25) is 10.0 Å². The maximum absolute atomic E-state index is 13.9. The molecule has 0 bridgehead atoms. The fourth-order valence-corrected chi connectivity index (χ4v) is 3.95. The molecule has 150 valence electrons. The molecule has 1 atom stereocenters. The molecule has 0 unspecified atom stereocenters. The van der Waals surface area contributed by atoms with Crippen molar-refractivity contribution in [3.8, 4) is 0 Å². The van der Waals surface area contributed by atoms with Crippen LogP contribution in [-0.2, 0) is 21.9 Å². The maximum Gasteiger partial charge on any atom is 0.242 e. The number of carbonyl (C=O) groups excluding carboxylic acids is 2. The van der Waals surface area contributed by atoms with E-state index in [1.54, 1.807) is 25.1 Å². The number of nitrogens with one attached hydrogen (secondary N) is 1. The predicted octanol–water partition coefficient (Wildman–Crippen LogP) is 4.53. The number of carbonyl (C=O) groups is 2. The molecule has 0 heterocycles. The number of benzene rings is 2. The van der Waals surface area contributed by atoms with Gasteiger partial charge in [0.25, 0.3) is 0 Å². The van der Waals surface area contributed by atoms with Crippen molar-refractivity contribution in [2.45, 2.75) is 25.3 Å². The van der Waals surface area contributed by atoms with E-state index < -0.39 is 11.9 Å². The Labute approximate surface area is 178 Å². The zero-order valence-corrected chi connectivity index (χ0v) is 17.9. The first-order valence-corrected chi connectivity index (χ1v) is 10.5. The van der Waals surface area contributed by atoms with Crippen LogP contribution in [0, 0.1) is 5.82 Å². The Kier molecular flexibility index (Phi) is 8.60. The quantitative estimate of drug-likeness (QED) is 0.653. The van der Waals surface area contributed by atoms with Crippen molar-refractivity contribution < 1.29 is 14.0 Å². The van der Waals surface area contributed by atoms with Gasteiger partial charge in [-0.2, -0.15) is 0 Å². The third-order valence-electron chi connectivity index (χ3n) is 4.21. The smallest absolute Gasteiger partial charge is 0.242 e. The number of hydrogen-bond donors (Lipinski definition) is 1. The minimum atomic E-state index is -0.647. The van der Waals surface area contributed by atoms with Gasteiger partial charge in [-0.15, -0.1) is 11.8 Å². The normalized spacial score (nSPS) is 11.8. The summed E-state index contributed by atoms with van der Waals surface area (Å²) in [4.78, 5) is 26.4. The Balaban J connectivity index is 2.07. The summed E-state index contributed by atoms with van der Waals surface area (Å²) in [7, 11) is 1.53. The van der Waals surface area contributed by atoms with Crippen LogP contribution in [0.15, 0.2) is 42.5 Å². The lowest BCUT2D eigenvalue weighted by Gasteiger charge is -2.28. The lowest BCUT2D eigenvalue weighted by Crippen LogP contribution is -2.47. The highest BCUT2D eigenvalue weighted by atomic mass is 35.5. The molecule has 0 fully saturated rings. The van der Waals surface area contributed by atoms with Crippen LogP contribution >= 0.6 is 35.0 Å². The van der Waals surface area contributed by atoms with Gasteiger partial charge >= 0.3 is 0 Å². The van der Waals surface area contributed by atoms with Gasteiger partial charge in [0.2, 0.25) is 11.8 Å². The second-order valence-corrected chi connectivity index (χ2v) is 7.96. The van der Waals surface area contributed by atoms with E-state index in [-0.39, 0.29) is 29.9 Å². The number of amides is 2. The number of halogens is 3. The van der Waals surface area contributed by atoms with Gasteiger partial charge in [-0.3, -0.25) is 9.59 Å². The van der Waals surface area contributed by atoms with Gasteiger partial charge in [-0.25, -0.2) is 4.39 Å². The molecular weight excluding hydrogens is 422 g/mol. The van der Waals surface area contributed by atoms with Crippen LogP contribution in [0.1, 0.15) is 18.1 Å². The molecular formula is C20H21Cl2FN2O2S. The molecule has 0 aliphatic carbocycles. The molecule has 0 saturated heterocycles. The minimum absolute atomic E-state index is 0.0968. The van der Waals surface area contributed by atoms with Crippen LogP contribution in [0.5, 0.6) is 0 Å². The second-order valence-electron chi connectivity index (χ2n) is 6.13. The monoisotopic (exact) mass is 442 g/mol. The zero-order chi connectivity index (χ0) is 20.7. The van der Waals surface area contributed by atoms with Crippen LogP contribution in [0.3, 0.4) is 0 Å². The first-order valence-electron chi connectivity index (χ1n) is 8.59. The molecule has 0 spiro atoms. The van der Waals surface area contributed by atoms with Gasteiger partial charge in [-0.05, 0) is 36.8 Å². The van der Waals surface area contributed by atoms with Crippen molar-refractivity contribution >= 4 is 46.8 Å². The van der Waals surface area contributed by atoms with Crippen LogP contribution in [0.4, 0.5) is 4.39 Å². The predicted molar refractivity (Wildman–Crippen MR) is 113 cm³/mol. The lowest BCUT2D eigenvalue weighted by atomic mass is 10.1.